The molecule has 0 spiro atoms. The lowest BCUT2D eigenvalue weighted by molar-refractivity contribution is 0.179. The second-order valence-corrected chi connectivity index (χ2v) is 6.02. The number of methoxy groups -OCH3 is 1. The normalized spacial score (nSPS) is 12.4. The number of nitrogens with zero attached hydrogens (tertiary/aromatic N) is 2. The molecule has 0 radical (unpaired) electrons. The summed E-state index contributed by atoms with van der Waals surface area (Å²) in [5.41, 5.74) is 3.11. The molecule has 0 aliphatic rings. The predicted molar refractivity (Wildman–Crippen MR) is 116 cm³/mol. The quantitative estimate of drug-likeness (QED) is 0.350. The third kappa shape index (κ3) is 7.33. The van der Waals surface area contributed by atoms with Crippen LogP contribution in [0.5, 0.6) is 0 Å². The van der Waals surface area contributed by atoms with E-state index in [4.69, 9.17) is 9.15 Å². The molecule has 7 heteroatoms. The van der Waals surface area contributed by atoms with E-state index in [1.165, 1.54) is 5.56 Å². The summed E-state index contributed by atoms with van der Waals surface area (Å²) in [6.45, 7) is 8.24. The molecule has 0 bridgehead atoms. The van der Waals surface area contributed by atoms with Crippen LogP contribution >= 0.6 is 24.0 Å². The van der Waals surface area contributed by atoms with E-state index in [9.17, 15) is 0 Å². The van der Waals surface area contributed by atoms with Gasteiger partial charge in [0.05, 0.1) is 12.3 Å². The highest BCUT2D eigenvalue weighted by atomic mass is 127. The van der Waals surface area contributed by atoms with Crippen molar-refractivity contribution in [1.82, 2.24) is 15.6 Å². The first-order chi connectivity index (χ1) is 12.1. The summed E-state index contributed by atoms with van der Waals surface area (Å²) in [5.74, 6) is 1.44. The van der Waals surface area contributed by atoms with Crippen LogP contribution in [0.3, 0.4) is 0 Å². The standard InChI is InChI=1S/C19H28N4O2.HI/c1-5-20-19(22-15(3)12-24-4)21-11-10-17-13-25-18(23-17)16-8-6-14(2)7-9-16;/h6-9,13,15H,5,10-12H2,1-4H3,(H2,20,21,22);1H. The van der Waals surface area contributed by atoms with Gasteiger partial charge in [-0.1, -0.05) is 17.7 Å². The van der Waals surface area contributed by atoms with Gasteiger partial charge in [-0.05, 0) is 32.9 Å². The average molecular weight is 472 g/mol. The Bertz CT molecular complexity index is 670. The van der Waals surface area contributed by atoms with Crippen molar-refractivity contribution in [2.75, 3.05) is 26.8 Å². The molecule has 0 aliphatic carbocycles. The molecule has 0 saturated heterocycles. The van der Waals surface area contributed by atoms with E-state index in [2.05, 4.69) is 46.6 Å². The number of ether oxygens (including phenoxy) is 1. The van der Waals surface area contributed by atoms with Crippen LogP contribution in [0.2, 0.25) is 0 Å². The van der Waals surface area contributed by atoms with Crippen LogP contribution in [-0.4, -0.2) is 43.8 Å². The molecule has 1 atom stereocenters. The van der Waals surface area contributed by atoms with E-state index in [0.717, 1.165) is 30.2 Å². The van der Waals surface area contributed by atoms with E-state index in [1.807, 2.05) is 19.1 Å². The monoisotopic (exact) mass is 472 g/mol. The first-order valence-electron chi connectivity index (χ1n) is 8.67. The lowest BCUT2D eigenvalue weighted by atomic mass is 10.1. The Balaban J connectivity index is 0.00000338. The minimum Gasteiger partial charge on any atom is -0.444 e. The molecule has 0 amide bonds. The fourth-order valence-electron chi connectivity index (χ4n) is 2.38. The highest BCUT2D eigenvalue weighted by Crippen LogP contribution is 2.19. The van der Waals surface area contributed by atoms with Crippen molar-refractivity contribution in [3.63, 3.8) is 0 Å². The van der Waals surface area contributed by atoms with Crippen LogP contribution in [0.15, 0.2) is 39.9 Å². The average Bonchev–Trinajstić information content (AvgIpc) is 3.05. The minimum atomic E-state index is 0. The van der Waals surface area contributed by atoms with E-state index >= 15 is 0 Å². The molecule has 2 N–H and O–H groups in total. The molecule has 1 aromatic carbocycles. The van der Waals surface area contributed by atoms with E-state index < -0.39 is 0 Å². The molecule has 1 unspecified atom stereocenters. The fourth-order valence-corrected chi connectivity index (χ4v) is 2.38. The van der Waals surface area contributed by atoms with Gasteiger partial charge in [-0.15, -0.1) is 24.0 Å². The Morgan fingerprint density at radius 3 is 2.69 bits per heavy atom. The molecule has 0 aliphatic heterocycles. The lowest BCUT2D eigenvalue weighted by Gasteiger charge is -2.16. The van der Waals surface area contributed by atoms with Gasteiger partial charge in [0.25, 0.3) is 0 Å². The van der Waals surface area contributed by atoms with Gasteiger partial charge in [0, 0.05) is 38.2 Å². The molecule has 144 valence electrons. The summed E-state index contributed by atoms with van der Waals surface area (Å²) < 4.78 is 10.7. The number of nitrogens with one attached hydrogen (secondary N) is 2. The van der Waals surface area contributed by atoms with Crippen molar-refractivity contribution < 1.29 is 9.15 Å². The minimum absolute atomic E-state index is 0. The summed E-state index contributed by atoms with van der Waals surface area (Å²) in [7, 11) is 1.69. The number of hydrogen-bond donors (Lipinski definition) is 2. The third-order valence-corrected chi connectivity index (χ3v) is 3.63. The summed E-state index contributed by atoms with van der Waals surface area (Å²) in [6.07, 6.45) is 2.43. The van der Waals surface area contributed by atoms with E-state index in [1.54, 1.807) is 13.4 Å². The molecule has 6 nitrogen and oxygen atoms in total. The smallest absolute Gasteiger partial charge is 0.226 e. The largest absolute Gasteiger partial charge is 0.444 e. The maximum atomic E-state index is 5.58. The summed E-state index contributed by atoms with van der Waals surface area (Å²) >= 11 is 0. The Kier molecular flexibility index (Phi) is 10.3. The maximum Gasteiger partial charge on any atom is 0.226 e. The van der Waals surface area contributed by atoms with Crippen LogP contribution in [0, 0.1) is 6.92 Å². The number of aliphatic imine (C=N–C) groups is 1. The highest BCUT2D eigenvalue weighted by Gasteiger charge is 2.07. The zero-order valence-corrected chi connectivity index (χ0v) is 18.2. The zero-order valence-electron chi connectivity index (χ0n) is 15.9. The number of oxazole rings is 1. The zero-order chi connectivity index (χ0) is 18.1. The molecule has 2 rings (SSSR count). The fraction of sp³-hybridized carbons (Fsp3) is 0.474. The van der Waals surface area contributed by atoms with Crippen molar-refractivity contribution in [2.24, 2.45) is 4.99 Å². The summed E-state index contributed by atoms with van der Waals surface area (Å²) in [4.78, 5) is 9.13. The van der Waals surface area contributed by atoms with Crippen molar-refractivity contribution in [1.29, 1.82) is 0 Å². The van der Waals surface area contributed by atoms with Gasteiger partial charge < -0.3 is 19.8 Å². The Morgan fingerprint density at radius 1 is 1.31 bits per heavy atom. The number of guanidine groups is 1. The Morgan fingerprint density at radius 2 is 2.04 bits per heavy atom. The molecule has 0 saturated carbocycles. The molecule has 26 heavy (non-hydrogen) atoms. The number of hydrogen-bond acceptors (Lipinski definition) is 4. The predicted octanol–water partition coefficient (Wildman–Crippen LogP) is 3.40. The van der Waals surface area contributed by atoms with Gasteiger partial charge in [-0.2, -0.15) is 0 Å². The second-order valence-electron chi connectivity index (χ2n) is 6.02. The van der Waals surface area contributed by atoms with Gasteiger partial charge in [0.15, 0.2) is 5.96 Å². The van der Waals surface area contributed by atoms with E-state index in [0.29, 0.717) is 19.0 Å². The Hall–Kier alpha value is -1.61. The van der Waals surface area contributed by atoms with Crippen molar-refractivity contribution in [3.8, 4) is 11.5 Å². The molecular weight excluding hydrogens is 443 g/mol. The maximum absolute atomic E-state index is 5.58. The van der Waals surface area contributed by atoms with Gasteiger partial charge in [-0.3, -0.25) is 4.99 Å². The molecule has 2 aromatic rings. The first kappa shape index (κ1) is 22.4. The number of benzene rings is 1. The number of aryl methyl sites for hydroxylation is 1. The van der Waals surface area contributed by atoms with Crippen molar-refractivity contribution in [3.05, 3.63) is 41.8 Å². The van der Waals surface area contributed by atoms with Crippen LogP contribution in [0.1, 0.15) is 25.1 Å². The lowest BCUT2D eigenvalue weighted by Crippen LogP contribution is -2.44. The number of halogens is 1. The van der Waals surface area contributed by atoms with Crippen LogP contribution in [0.4, 0.5) is 0 Å². The second kappa shape index (κ2) is 11.9. The number of rotatable bonds is 8. The molecule has 0 fully saturated rings. The number of aromatic nitrogens is 1. The van der Waals surface area contributed by atoms with Crippen molar-refractivity contribution >= 4 is 29.9 Å². The molecular formula is C19H29IN4O2. The SMILES string of the molecule is CCNC(=NCCc1coc(-c2ccc(C)cc2)n1)NC(C)COC.I. The van der Waals surface area contributed by atoms with Crippen molar-refractivity contribution in [2.45, 2.75) is 33.2 Å². The van der Waals surface area contributed by atoms with Gasteiger partial charge >= 0.3 is 0 Å². The van der Waals surface area contributed by atoms with Gasteiger partial charge in [-0.25, -0.2) is 4.98 Å². The van der Waals surface area contributed by atoms with Crippen LogP contribution < -0.4 is 10.6 Å². The summed E-state index contributed by atoms with van der Waals surface area (Å²) in [6, 6.07) is 8.35. The van der Waals surface area contributed by atoms with Crippen LogP contribution in [-0.2, 0) is 11.2 Å². The highest BCUT2D eigenvalue weighted by molar-refractivity contribution is 14.0. The molecule has 1 heterocycles. The molecule has 1 aromatic heterocycles. The summed E-state index contributed by atoms with van der Waals surface area (Å²) in [5, 5.41) is 6.55. The van der Waals surface area contributed by atoms with Crippen LogP contribution in [0.25, 0.3) is 11.5 Å². The Labute approximate surface area is 172 Å². The van der Waals surface area contributed by atoms with E-state index in [-0.39, 0.29) is 30.0 Å². The van der Waals surface area contributed by atoms with Gasteiger partial charge in [0.2, 0.25) is 5.89 Å². The third-order valence-electron chi connectivity index (χ3n) is 3.63. The topological polar surface area (TPSA) is 71.7 Å². The first-order valence-corrected chi connectivity index (χ1v) is 8.67. The van der Waals surface area contributed by atoms with Gasteiger partial charge in [0.1, 0.15) is 6.26 Å².